The Morgan fingerprint density at radius 3 is 2.83 bits per heavy atom. The lowest BCUT2D eigenvalue weighted by Crippen LogP contribution is -2.42. The molecule has 4 rings (SSSR count). The van der Waals surface area contributed by atoms with Crippen molar-refractivity contribution in [3.05, 3.63) is 34.2 Å². The molecule has 7 nitrogen and oxygen atoms in total. The molecule has 7 heteroatoms. The van der Waals surface area contributed by atoms with Gasteiger partial charge in [0.15, 0.2) is 0 Å². The van der Waals surface area contributed by atoms with Crippen molar-refractivity contribution in [2.24, 2.45) is 5.92 Å². The molecule has 2 aliphatic rings. The van der Waals surface area contributed by atoms with E-state index in [1.165, 1.54) is 0 Å². The van der Waals surface area contributed by atoms with Crippen LogP contribution in [0, 0.1) is 5.92 Å². The largest absolute Gasteiger partial charge is 0.356 e. The number of imidazole rings is 1. The highest BCUT2D eigenvalue weighted by Crippen LogP contribution is 2.35. The van der Waals surface area contributed by atoms with E-state index in [1.54, 1.807) is 22.8 Å². The minimum atomic E-state index is -0.216. The smallest absolute Gasteiger partial charge is 0.326 e. The summed E-state index contributed by atoms with van der Waals surface area (Å²) >= 11 is 0. The number of hydrogen-bond donors (Lipinski definition) is 3. The molecule has 1 aliphatic carbocycles. The Hall–Kier alpha value is -2.57. The van der Waals surface area contributed by atoms with Crippen LogP contribution in [0.15, 0.2) is 23.0 Å². The van der Waals surface area contributed by atoms with Crippen LogP contribution in [0.2, 0.25) is 0 Å². The van der Waals surface area contributed by atoms with Gasteiger partial charge < -0.3 is 15.6 Å². The van der Waals surface area contributed by atoms with Crippen molar-refractivity contribution in [2.45, 2.75) is 31.7 Å². The van der Waals surface area contributed by atoms with Crippen molar-refractivity contribution < 1.29 is 9.59 Å². The number of carbonyl (C=O) groups is 2. The van der Waals surface area contributed by atoms with Crippen LogP contribution in [-0.2, 0) is 4.79 Å². The lowest BCUT2D eigenvalue weighted by atomic mass is 9.98. The van der Waals surface area contributed by atoms with Crippen LogP contribution in [-0.4, -0.2) is 34.5 Å². The van der Waals surface area contributed by atoms with E-state index in [1.807, 2.05) is 0 Å². The van der Waals surface area contributed by atoms with Gasteiger partial charge in [0.2, 0.25) is 5.91 Å². The molecule has 2 fully saturated rings. The van der Waals surface area contributed by atoms with Crippen molar-refractivity contribution >= 4 is 22.8 Å². The molecular formula is C17H20N4O3. The number of hydrogen-bond acceptors (Lipinski definition) is 3. The van der Waals surface area contributed by atoms with Gasteiger partial charge in [-0.2, -0.15) is 0 Å². The molecule has 2 heterocycles. The maximum atomic E-state index is 12.4. The molecule has 1 aliphatic heterocycles. The number of rotatable bonds is 4. The lowest BCUT2D eigenvalue weighted by molar-refractivity contribution is -0.126. The van der Waals surface area contributed by atoms with Gasteiger partial charge in [-0.05, 0) is 43.9 Å². The number of aromatic nitrogens is 2. The third-order valence-electron chi connectivity index (χ3n) is 4.80. The zero-order valence-corrected chi connectivity index (χ0v) is 13.3. The molecule has 0 bridgehead atoms. The van der Waals surface area contributed by atoms with Crippen molar-refractivity contribution in [3.8, 4) is 0 Å². The molecule has 0 radical (unpaired) electrons. The first kappa shape index (κ1) is 15.0. The van der Waals surface area contributed by atoms with Crippen molar-refractivity contribution in [1.82, 2.24) is 20.2 Å². The minimum absolute atomic E-state index is 0.00482. The summed E-state index contributed by atoms with van der Waals surface area (Å²) in [6.07, 6.45) is 3.74. The summed E-state index contributed by atoms with van der Waals surface area (Å²) in [6.45, 7) is 1.05. The van der Waals surface area contributed by atoms with E-state index in [4.69, 9.17) is 0 Å². The van der Waals surface area contributed by atoms with Gasteiger partial charge in [-0.1, -0.05) is 0 Å². The highest BCUT2D eigenvalue weighted by atomic mass is 16.2. The predicted molar refractivity (Wildman–Crippen MR) is 88.9 cm³/mol. The molecule has 1 aromatic carbocycles. The van der Waals surface area contributed by atoms with E-state index >= 15 is 0 Å². The molecule has 2 amide bonds. The summed E-state index contributed by atoms with van der Waals surface area (Å²) in [7, 11) is 0. The molecule has 0 spiro atoms. The summed E-state index contributed by atoms with van der Waals surface area (Å²) < 4.78 is 1.74. The normalized spacial score (nSPS) is 20.8. The summed E-state index contributed by atoms with van der Waals surface area (Å²) in [5.74, 6) is -0.375. The van der Waals surface area contributed by atoms with E-state index in [0.717, 1.165) is 36.7 Å². The Kier molecular flexibility index (Phi) is 3.63. The third kappa shape index (κ3) is 2.70. The number of piperidine rings is 1. The molecule has 1 atom stereocenters. The lowest BCUT2D eigenvalue weighted by Gasteiger charge is -2.21. The topological polar surface area (TPSA) is 96.0 Å². The fourth-order valence-electron chi connectivity index (χ4n) is 3.31. The number of benzene rings is 1. The van der Waals surface area contributed by atoms with Gasteiger partial charge in [0.25, 0.3) is 5.91 Å². The van der Waals surface area contributed by atoms with Crippen molar-refractivity contribution in [2.75, 3.05) is 13.1 Å². The van der Waals surface area contributed by atoms with Crippen molar-refractivity contribution in [3.63, 3.8) is 0 Å². The van der Waals surface area contributed by atoms with Gasteiger partial charge in [0.1, 0.15) is 0 Å². The van der Waals surface area contributed by atoms with Crippen LogP contribution < -0.4 is 16.3 Å². The van der Waals surface area contributed by atoms with Crippen LogP contribution in [0.3, 0.4) is 0 Å². The van der Waals surface area contributed by atoms with E-state index < -0.39 is 0 Å². The highest BCUT2D eigenvalue weighted by molar-refractivity contribution is 5.97. The molecule has 1 unspecified atom stereocenters. The molecule has 1 aromatic heterocycles. The molecule has 126 valence electrons. The summed E-state index contributed by atoms with van der Waals surface area (Å²) in [5, 5.41) is 5.65. The maximum absolute atomic E-state index is 12.4. The van der Waals surface area contributed by atoms with Gasteiger partial charge in [-0.3, -0.25) is 14.2 Å². The fraction of sp³-hybridized carbons (Fsp3) is 0.471. The number of amides is 2. The standard InChI is InChI=1S/C17H20N4O3/c22-15(19-9-11-2-1-7-18-16(11)23)10-3-6-13-14(8-10)21(12-4-5-12)17(24)20-13/h3,6,8,11-12H,1-2,4-5,7,9H2,(H,18,23)(H,19,22)(H,20,24). The van der Waals surface area contributed by atoms with Gasteiger partial charge in [0, 0.05) is 24.7 Å². The average molecular weight is 328 g/mol. The third-order valence-corrected chi connectivity index (χ3v) is 4.80. The first-order valence-electron chi connectivity index (χ1n) is 8.43. The van der Waals surface area contributed by atoms with E-state index in [0.29, 0.717) is 18.7 Å². The molecular weight excluding hydrogens is 308 g/mol. The Morgan fingerprint density at radius 2 is 2.08 bits per heavy atom. The van der Waals surface area contributed by atoms with Crippen LogP contribution in [0.5, 0.6) is 0 Å². The Labute approximate surface area is 138 Å². The molecule has 3 N–H and O–H groups in total. The van der Waals surface area contributed by atoms with E-state index in [9.17, 15) is 14.4 Å². The second-order valence-electron chi connectivity index (χ2n) is 6.60. The van der Waals surface area contributed by atoms with Crippen LogP contribution in [0.4, 0.5) is 0 Å². The Balaban J connectivity index is 1.52. The summed E-state index contributed by atoms with van der Waals surface area (Å²) in [6, 6.07) is 5.46. The van der Waals surface area contributed by atoms with Crippen molar-refractivity contribution in [1.29, 1.82) is 0 Å². The number of H-pyrrole nitrogens is 1. The SMILES string of the molecule is O=C(NCC1CCCNC1=O)c1ccc2[nH]c(=O)n(C3CC3)c2c1. The molecule has 1 saturated carbocycles. The fourth-order valence-corrected chi connectivity index (χ4v) is 3.31. The summed E-state index contributed by atoms with van der Waals surface area (Å²) in [5.41, 5.74) is 1.90. The van der Waals surface area contributed by atoms with Crippen LogP contribution in [0.1, 0.15) is 42.1 Å². The number of aromatic amines is 1. The number of carbonyl (C=O) groups excluding carboxylic acids is 2. The molecule has 1 saturated heterocycles. The Bertz CT molecular complexity index is 862. The zero-order valence-electron chi connectivity index (χ0n) is 13.3. The van der Waals surface area contributed by atoms with E-state index in [2.05, 4.69) is 15.6 Å². The van der Waals surface area contributed by atoms with Gasteiger partial charge in [-0.15, -0.1) is 0 Å². The number of nitrogens with one attached hydrogen (secondary N) is 3. The monoisotopic (exact) mass is 328 g/mol. The predicted octanol–water partition coefficient (Wildman–Crippen LogP) is 0.920. The van der Waals surface area contributed by atoms with Gasteiger partial charge in [0.05, 0.1) is 17.0 Å². The minimum Gasteiger partial charge on any atom is -0.356 e. The highest BCUT2D eigenvalue weighted by Gasteiger charge is 2.27. The second kappa shape index (κ2) is 5.81. The van der Waals surface area contributed by atoms with Crippen LogP contribution >= 0.6 is 0 Å². The number of fused-ring (bicyclic) bond motifs is 1. The first-order valence-corrected chi connectivity index (χ1v) is 8.43. The zero-order chi connectivity index (χ0) is 16.7. The Morgan fingerprint density at radius 1 is 1.25 bits per heavy atom. The maximum Gasteiger partial charge on any atom is 0.326 e. The van der Waals surface area contributed by atoms with Crippen LogP contribution in [0.25, 0.3) is 11.0 Å². The second-order valence-corrected chi connectivity index (χ2v) is 6.60. The van der Waals surface area contributed by atoms with E-state index in [-0.39, 0.29) is 29.5 Å². The molecule has 24 heavy (non-hydrogen) atoms. The number of nitrogens with zero attached hydrogens (tertiary/aromatic N) is 1. The van der Waals surface area contributed by atoms with Gasteiger partial charge >= 0.3 is 5.69 Å². The average Bonchev–Trinajstić information content (AvgIpc) is 3.35. The molecule has 2 aromatic rings. The summed E-state index contributed by atoms with van der Waals surface area (Å²) in [4.78, 5) is 39.0. The quantitative estimate of drug-likeness (QED) is 0.779. The van der Waals surface area contributed by atoms with Gasteiger partial charge in [-0.25, -0.2) is 4.79 Å². The first-order chi connectivity index (χ1) is 11.6.